The van der Waals surface area contributed by atoms with Crippen LogP contribution in [0.25, 0.3) is 0 Å². The molecule has 5 heteroatoms. The molecule has 0 aromatic heterocycles. The van der Waals surface area contributed by atoms with Gasteiger partial charge in [-0.2, -0.15) is 0 Å². The maximum atomic E-state index is 12.3. The Morgan fingerprint density at radius 1 is 1.00 bits per heavy atom. The van der Waals surface area contributed by atoms with E-state index in [2.05, 4.69) is 16.7 Å². The smallest absolute Gasteiger partial charge is 0.243 e. The molecule has 0 aliphatic carbocycles. The van der Waals surface area contributed by atoms with E-state index in [1.54, 1.807) is 0 Å². The fraction of sp³-hybridized carbons (Fsp3) is 0.333. The Morgan fingerprint density at radius 3 is 2.27 bits per heavy atom. The van der Waals surface area contributed by atoms with Crippen molar-refractivity contribution in [3.05, 3.63) is 58.7 Å². The van der Waals surface area contributed by atoms with Crippen LogP contribution in [-0.4, -0.2) is 23.6 Å². The minimum absolute atomic E-state index is 0.0373. The highest BCUT2D eigenvalue weighted by atomic mass is 32.2. The zero-order valence-corrected chi connectivity index (χ0v) is 16.8. The van der Waals surface area contributed by atoms with Gasteiger partial charge in [0, 0.05) is 10.6 Å². The highest BCUT2D eigenvalue weighted by Gasteiger charge is 2.16. The molecule has 1 atom stereocenters. The Morgan fingerprint density at radius 2 is 1.65 bits per heavy atom. The first-order valence-electron chi connectivity index (χ1n) is 8.65. The Balaban J connectivity index is 1.88. The molecule has 4 nitrogen and oxygen atoms in total. The van der Waals surface area contributed by atoms with Crippen molar-refractivity contribution in [2.45, 2.75) is 44.8 Å². The summed E-state index contributed by atoms with van der Waals surface area (Å²) in [6.45, 7) is 9.80. The molecule has 2 rings (SSSR count). The first-order valence-corrected chi connectivity index (χ1v) is 9.53. The molecule has 2 N–H and O–H groups in total. The van der Waals surface area contributed by atoms with Gasteiger partial charge in [-0.1, -0.05) is 35.9 Å². The van der Waals surface area contributed by atoms with Crippen molar-refractivity contribution in [1.82, 2.24) is 5.32 Å². The van der Waals surface area contributed by atoms with Gasteiger partial charge >= 0.3 is 0 Å². The van der Waals surface area contributed by atoms with E-state index in [0.29, 0.717) is 0 Å². The first kappa shape index (κ1) is 20.0. The lowest BCUT2D eigenvalue weighted by atomic mass is 10.1. The van der Waals surface area contributed by atoms with Gasteiger partial charge in [-0.05, 0) is 57.4 Å². The fourth-order valence-corrected chi connectivity index (χ4v) is 3.64. The zero-order chi connectivity index (χ0) is 19.3. The molecule has 0 unspecified atom stereocenters. The van der Waals surface area contributed by atoms with Crippen molar-refractivity contribution in [2.24, 2.45) is 0 Å². The zero-order valence-electron chi connectivity index (χ0n) is 16.0. The number of aryl methyl sites for hydroxylation is 4. The van der Waals surface area contributed by atoms with Crippen molar-refractivity contribution >= 4 is 29.3 Å². The quantitative estimate of drug-likeness (QED) is 0.751. The second-order valence-electron chi connectivity index (χ2n) is 6.56. The summed E-state index contributed by atoms with van der Waals surface area (Å²) in [4.78, 5) is 25.5. The van der Waals surface area contributed by atoms with E-state index in [0.717, 1.165) is 27.3 Å². The third-order valence-corrected chi connectivity index (χ3v) is 5.45. The van der Waals surface area contributed by atoms with Gasteiger partial charge in [0.1, 0.15) is 0 Å². The van der Waals surface area contributed by atoms with Gasteiger partial charge in [0.2, 0.25) is 11.8 Å². The van der Waals surface area contributed by atoms with Crippen molar-refractivity contribution in [1.29, 1.82) is 0 Å². The summed E-state index contributed by atoms with van der Waals surface area (Å²) >= 11 is 1.50. The molecule has 0 spiro atoms. The second-order valence-corrected chi connectivity index (χ2v) is 7.94. The molecule has 0 bridgehead atoms. The SMILES string of the molecule is Cc1ccc(S[C@H](C)C(=O)NCC(=O)Nc2c(C)cccc2C)c(C)c1. The summed E-state index contributed by atoms with van der Waals surface area (Å²) in [7, 11) is 0. The third kappa shape index (κ3) is 5.36. The second kappa shape index (κ2) is 8.90. The third-order valence-electron chi connectivity index (χ3n) is 4.17. The topological polar surface area (TPSA) is 58.2 Å². The summed E-state index contributed by atoms with van der Waals surface area (Å²) in [6, 6.07) is 12.0. The molecule has 2 amide bonds. The number of amides is 2. The van der Waals surface area contributed by atoms with Crippen LogP contribution in [0, 0.1) is 27.7 Å². The van der Waals surface area contributed by atoms with Crippen LogP contribution < -0.4 is 10.6 Å². The lowest BCUT2D eigenvalue weighted by Gasteiger charge is -2.15. The summed E-state index contributed by atoms with van der Waals surface area (Å²) in [5, 5.41) is 5.32. The van der Waals surface area contributed by atoms with Crippen molar-refractivity contribution in [2.75, 3.05) is 11.9 Å². The fourth-order valence-electron chi connectivity index (χ4n) is 2.68. The van der Waals surface area contributed by atoms with Crippen LogP contribution in [0.1, 0.15) is 29.2 Å². The van der Waals surface area contributed by atoms with Crippen LogP contribution in [0.4, 0.5) is 5.69 Å². The lowest BCUT2D eigenvalue weighted by Crippen LogP contribution is -2.37. The number of anilines is 1. The normalized spacial score (nSPS) is 11.7. The van der Waals surface area contributed by atoms with E-state index in [-0.39, 0.29) is 23.6 Å². The molecule has 26 heavy (non-hydrogen) atoms. The van der Waals surface area contributed by atoms with Gasteiger partial charge in [0.25, 0.3) is 0 Å². The van der Waals surface area contributed by atoms with Gasteiger partial charge in [-0.3, -0.25) is 9.59 Å². The molecule has 2 aromatic rings. The molecule has 0 aliphatic heterocycles. The Hall–Kier alpha value is -2.27. The predicted molar refractivity (Wildman–Crippen MR) is 109 cm³/mol. The Labute approximate surface area is 159 Å². The van der Waals surface area contributed by atoms with Crippen LogP contribution in [0.5, 0.6) is 0 Å². The predicted octanol–water partition coefficient (Wildman–Crippen LogP) is 4.16. The van der Waals surface area contributed by atoms with Crippen LogP contribution in [0.15, 0.2) is 41.3 Å². The lowest BCUT2D eigenvalue weighted by molar-refractivity contribution is -0.123. The number of nitrogens with one attached hydrogen (secondary N) is 2. The van der Waals surface area contributed by atoms with E-state index in [1.807, 2.05) is 65.0 Å². The minimum Gasteiger partial charge on any atom is -0.346 e. The molecular weight excluding hydrogens is 344 g/mol. The molecule has 0 saturated carbocycles. The van der Waals surface area contributed by atoms with E-state index in [9.17, 15) is 9.59 Å². The largest absolute Gasteiger partial charge is 0.346 e. The monoisotopic (exact) mass is 370 g/mol. The summed E-state index contributed by atoms with van der Waals surface area (Å²) in [5.41, 5.74) is 5.17. The van der Waals surface area contributed by atoms with Crippen molar-refractivity contribution < 1.29 is 9.59 Å². The molecular formula is C21H26N2O2S. The number of hydrogen-bond acceptors (Lipinski definition) is 3. The number of benzene rings is 2. The maximum Gasteiger partial charge on any atom is 0.243 e. The molecule has 138 valence electrons. The summed E-state index contributed by atoms with van der Waals surface area (Å²) in [5.74, 6) is -0.369. The number of carbonyl (C=O) groups excluding carboxylic acids is 2. The highest BCUT2D eigenvalue weighted by Crippen LogP contribution is 2.27. The van der Waals surface area contributed by atoms with E-state index in [4.69, 9.17) is 0 Å². The average molecular weight is 371 g/mol. The van der Waals surface area contributed by atoms with Gasteiger partial charge in [-0.25, -0.2) is 0 Å². The standard InChI is InChI=1S/C21H26N2O2S/c1-13-9-10-18(16(4)11-13)26-17(5)21(25)22-12-19(24)23-20-14(2)7-6-8-15(20)3/h6-11,17H,12H2,1-5H3,(H,22,25)(H,23,24)/t17-/m1/s1. The molecule has 0 heterocycles. The number of para-hydroxylation sites is 1. The van der Waals surface area contributed by atoms with Crippen LogP contribution in [0.3, 0.4) is 0 Å². The van der Waals surface area contributed by atoms with E-state index in [1.165, 1.54) is 17.3 Å². The van der Waals surface area contributed by atoms with E-state index < -0.39 is 0 Å². The molecule has 2 aromatic carbocycles. The minimum atomic E-state index is -0.274. The Bertz CT molecular complexity index is 797. The maximum absolute atomic E-state index is 12.3. The number of carbonyl (C=O) groups is 2. The van der Waals surface area contributed by atoms with E-state index >= 15 is 0 Å². The van der Waals surface area contributed by atoms with Crippen LogP contribution in [-0.2, 0) is 9.59 Å². The van der Waals surface area contributed by atoms with Gasteiger partial charge in [0.05, 0.1) is 11.8 Å². The highest BCUT2D eigenvalue weighted by molar-refractivity contribution is 8.00. The van der Waals surface area contributed by atoms with Gasteiger partial charge in [0.15, 0.2) is 0 Å². The number of rotatable bonds is 6. The molecule has 0 saturated heterocycles. The summed E-state index contributed by atoms with van der Waals surface area (Å²) < 4.78 is 0. The van der Waals surface area contributed by atoms with Crippen molar-refractivity contribution in [3.8, 4) is 0 Å². The first-order chi connectivity index (χ1) is 12.3. The van der Waals surface area contributed by atoms with Crippen LogP contribution in [0.2, 0.25) is 0 Å². The van der Waals surface area contributed by atoms with Crippen molar-refractivity contribution in [3.63, 3.8) is 0 Å². The summed E-state index contributed by atoms with van der Waals surface area (Å²) in [6.07, 6.45) is 0. The molecule has 0 fully saturated rings. The number of thioether (sulfide) groups is 1. The van der Waals surface area contributed by atoms with Gasteiger partial charge in [-0.15, -0.1) is 11.8 Å². The molecule has 0 radical (unpaired) electrons. The average Bonchev–Trinajstić information content (AvgIpc) is 2.58. The number of hydrogen-bond donors (Lipinski definition) is 2. The van der Waals surface area contributed by atoms with Gasteiger partial charge < -0.3 is 10.6 Å². The Kier molecular flexibility index (Phi) is 6.86. The molecule has 0 aliphatic rings. The van der Waals surface area contributed by atoms with Crippen LogP contribution >= 0.6 is 11.8 Å².